The third kappa shape index (κ3) is 6.10. The Bertz CT molecular complexity index is 1580. The van der Waals surface area contributed by atoms with Gasteiger partial charge in [-0.15, -0.1) is 0 Å². The van der Waals surface area contributed by atoms with E-state index >= 15 is 0 Å². The molecule has 0 amide bonds. The topological polar surface area (TPSA) is 78.5 Å². The molecule has 1 N–H and O–H groups in total. The van der Waals surface area contributed by atoms with E-state index in [1.54, 1.807) is 6.20 Å². The van der Waals surface area contributed by atoms with Crippen LogP contribution in [0.3, 0.4) is 0 Å². The molecule has 0 unspecified atom stereocenters. The first kappa shape index (κ1) is 28.3. The van der Waals surface area contributed by atoms with Gasteiger partial charge < -0.3 is 19.5 Å². The van der Waals surface area contributed by atoms with E-state index in [0.717, 1.165) is 71.6 Å². The summed E-state index contributed by atoms with van der Waals surface area (Å²) in [7, 11) is 0. The molecule has 1 fully saturated rings. The van der Waals surface area contributed by atoms with Gasteiger partial charge in [0, 0.05) is 55.4 Å². The van der Waals surface area contributed by atoms with Crippen molar-refractivity contribution in [3.63, 3.8) is 0 Å². The zero-order valence-electron chi connectivity index (χ0n) is 24.4. The molecule has 0 atom stereocenters. The number of pyridine rings is 1. The molecule has 7 nitrogen and oxygen atoms in total. The third-order valence-corrected chi connectivity index (χ3v) is 7.80. The van der Waals surface area contributed by atoms with Gasteiger partial charge in [-0.25, -0.2) is 9.78 Å². The lowest BCUT2D eigenvalue weighted by Gasteiger charge is -2.35. The first-order valence-electron chi connectivity index (χ1n) is 14.3. The number of rotatable bonds is 9. The Morgan fingerprint density at radius 2 is 1.76 bits per heavy atom. The lowest BCUT2D eigenvalue weighted by Crippen LogP contribution is -2.46. The summed E-state index contributed by atoms with van der Waals surface area (Å²) in [5.41, 5.74) is 8.07. The van der Waals surface area contributed by atoms with Crippen LogP contribution >= 0.6 is 0 Å². The van der Waals surface area contributed by atoms with Crippen LogP contribution in [-0.2, 0) is 16.0 Å². The van der Waals surface area contributed by atoms with Gasteiger partial charge in [-0.2, -0.15) is 0 Å². The molecule has 5 rings (SSSR count). The van der Waals surface area contributed by atoms with Crippen molar-refractivity contribution in [1.82, 2.24) is 14.9 Å². The number of H-pyrrole nitrogens is 1. The van der Waals surface area contributed by atoms with Crippen molar-refractivity contribution in [2.75, 3.05) is 37.6 Å². The fourth-order valence-electron chi connectivity index (χ4n) is 5.42. The van der Waals surface area contributed by atoms with Crippen molar-refractivity contribution < 1.29 is 14.3 Å². The van der Waals surface area contributed by atoms with Crippen LogP contribution in [0.5, 0.6) is 0 Å². The molecule has 0 aliphatic carbocycles. The van der Waals surface area contributed by atoms with E-state index in [-0.39, 0.29) is 18.3 Å². The summed E-state index contributed by atoms with van der Waals surface area (Å²) in [6.45, 7) is 16.8. The maximum absolute atomic E-state index is 12.8. The Morgan fingerprint density at radius 3 is 2.41 bits per heavy atom. The minimum atomic E-state index is -0.406. The molecule has 212 valence electrons. The number of aromatic amines is 1. The number of anilines is 1. The average Bonchev–Trinajstić information content (AvgIpc) is 3.37. The Labute approximate surface area is 241 Å². The molecule has 7 heteroatoms. The third-order valence-electron chi connectivity index (χ3n) is 7.80. The standard InChI is InChI=1S/C34H38N4O3/c1-6-29(39)19-26-18-25(9-8-23(26)5)31-30-20-27(34(40)41-22(3)4)21-35-33(30)36-32(31)24-10-12-28(13-11-24)38-16-14-37(7-2)15-17-38/h6,8-13,18,20-22H,1,7,14-17,19H2,2-5H3,(H,35,36). The van der Waals surface area contributed by atoms with E-state index in [9.17, 15) is 9.59 Å². The van der Waals surface area contributed by atoms with Crippen molar-refractivity contribution in [3.8, 4) is 22.4 Å². The number of ketones is 1. The van der Waals surface area contributed by atoms with Crippen LogP contribution in [0.15, 0.2) is 67.4 Å². The molecule has 2 aromatic heterocycles. The summed E-state index contributed by atoms with van der Waals surface area (Å²) >= 11 is 0. The minimum absolute atomic E-state index is 0.0276. The molecule has 3 heterocycles. The average molecular weight is 551 g/mol. The number of piperazine rings is 1. The number of nitrogens with one attached hydrogen (secondary N) is 1. The highest BCUT2D eigenvalue weighted by atomic mass is 16.5. The van der Waals surface area contributed by atoms with Gasteiger partial charge in [0.25, 0.3) is 0 Å². The summed E-state index contributed by atoms with van der Waals surface area (Å²) in [5, 5.41) is 0.822. The first-order valence-corrected chi connectivity index (χ1v) is 14.3. The van der Waals surface area contributed by atoms with Crippen molar-refractivity contribution in [2.45, 2.75) is 40.2 Å². The van der Waals surface area contributed by atoms with Gasteiger partial charge in [0.15, 0.2) is 5.78 Å². The maximum Gasteiger partial charge on any atom is 0.339 e. The van der Waals surface area contributed by atoms with Crippen molar-refractivity contribution in [1.29, 1.82) is 0 Å². The molecule has 1 aliphatic heterocycles. The van der Waals surface area contributed by atoms with Gasteiger partial charge in [-0.05, 0) is 73.8 Å². The molecule has 1 aliphatic rings. The molecule has 0 saturated carbocycles. The Balaban J connectivity index is 1.60. The van der Waals surface area contributed by atoms with Gasteiger partial charge in [0.2, 0.25) is 0 Å². The van der Waals surface area contributed by atoms with Gasteiger partial charge in [-0.1, -0.05) is 43.8 Å². The SMILES string of the molecule is C=CC(=O)Cc1cc(-c2c(-c3ccc(N4CCN(CC)CC4)cc3)[nH]c3ncc(C(=O)OC(C)C)cc23)ccc1C. The predicted molar refractivity (Wildman–Crippen MR) is 165 cm³/mol. The van der Waals surface area contributed by atoms with Gasteiger partial charge in [0.05, 0.1) is 17.4 Å². The minimum Gasteiger partial charge on any atom is -0.459 e. The maximum atomic E-state index is 12.8. The van der Waals surface area contributed by atoms with Gasteiger partial charge in [0.1, 0.15) is 5.65 Å². The number of ether oxygens (including phenoxy) is 1. The largest absolute Gasteiger partial charge is 0.459 e. The zero-order chi connectivity index (χ0) is 29.1. The highest BCUT2D eigenvalue weighted by Gasteiger charge is 2.21. The number of aryl methyl sites for hydroxylation is 1. The van der Waals surface area contributed by atoms with E-state index in [0.29, 0.717) is 11.2 Å². The highest BCUT2D eigenvalue weighted by molar-refractivity contribution is 6.05. The number of esters is 1. The van der Waals surface area contributed by atoms with Crippen LogP contribution in [0, 0.1) is 6.92 Å². The number of likely N-dealkylation sites (N-methyl/N-ethyl adjacent to an activating group) is 1. The van der Waals surface area contributed by atoms with Crippen LogP contribution in [-0.4, -0.2) is 65.4 Å². The summed E-state index contributed by atoms with van der Waals surface area (Å²) in [6, 6.07) is 16.6. The predicted octanol–water partition coefficient (Wildman–Crippen LogP) is 6.21. The van der Waals surface area contributed by atoms with E-state index in [1.807, 2.05) is 32.9 Å². The van der Waals surface area contributed by atoms with Crippen LogP contribution in [0.1, 0.15) is 42.3 Å². The number of aromatic nitrogens is 2. The van der Waals surface area contributed by atoms with E-state index in [1.165, 1.54) is 11.8 Å². The second kappa shape index (κ2) is 12.1. The van der Waals surface area contributed by atoms with Crippen LogP contribution in [0.25, 0.3) is 33.4 Å². The Hall–Kier alpha value is -4.23. The summed E-state index contributed by atoms with van der Waals surface area (Å²) < 4.78 is 5.45. The van der Waals surface area contributed by atoms with Crippen molar-refractivity contribution >= 4 is 28.5 Å². The lowest BCUT2D eigenvalue weighted by molar-refractivity contribution is -0.114. The van der Waals surface area contributed by atoms with Crippen LogP contribution in [0.4, 0.5) is 5.69 Å². The number of benzene rings is 2. The molecule has 2 aromatic carbocycles. The van der Waals surface area contributed by atoms with E-state index in [2.05, 4.69) is 69.7 Å². The lowest BCUT2D eigenvalue weighted by atomic mass is 9.93. The Kier molecular flexibility index (Phi) is 8.36. The number of hydrogen-bond acceptors (Lipinski definition) is 6. The molecule has 41 heavy (non-hydrogen) atoms. The monoisotopic (exact) mass is 550 g/mol. The number of carbonyl (C=O) groups is 2. The first-order chi connectivity index (χ1) is 19.8. The molecule has 1 saturated heterocycles. The van der Waals surface area contributed by atoms with E-state index in [4.69, 9.17) is 4.74 Å². The second-order valence-electron chi connectivity index (χ2n) is 10.9. The van der Waals surface area contributed by atoms with Crippen LogP contribution in [0.2, 0.25) is 0 Å². The molecular formula is C34H38N4O3. The summed E-state index contributed by atoms with van der Waals surface area (Å²) in [4.78, 5) is 38.1. The summed E-state index contributed by atoms with van der Waals surface area (Å²) in [6.07, 6.45) is 2.97. The molecule has 0 spiro atoms. The molecule has 0 bridgehead atoms. The van der Waals surface area contributed by atoms with Gasteiger partial charge >= 0.3 is 5.97 Å². The smallest absolute Gasteiger partial charge is 0.339 e. The summed E-state index contributed by atoms with van der Waals surface area (Å²) in [5.74, 6) is -0.433. The number of carbonyl (C=O) groups excluding carboxylic acids is 2. The fraction of sp³-hybridized carbons (Fsp3) is 0.324. The number of nitrogens with zero attached hydrogens (tertiary/aromatic N) is 3. The van der Waals surface area contributed by atoms with Crippen molar-refractivity contribution in [2.24, 2.45) is 0 Å². The second-order valence-corrected chi connectivity index (χ2v) is 10.9. The number of hydrogen-bond donors (Lipinski definition) is 1. The zero-order valence-corrected chi connectivity index (χ0v) is 24.4. The van der Waals surface area contributed by atoms with Gasteiger partial charge in [-0.3, -0.25) is 4.79 Å². The fourth-order valence-corrected chi connectivity index (χ4v) is 5.42. The van der Waals surface area contributed by atoms with E-state index < -0.39 is 5.97 Å². The molecule has 4 aromatic rings. The number of allylic oxidation sites excluding steroid dienone is 1. The normalized spacial score (nSPS) is 14.0. The molecular weight excluding hydrogens is 512 g/mol. The van der Waals surface area contributed by atoms with Crippen LogP contribution < -0.4 is 4.90 Å². The Morgan fingerprint density at radius 1 is 1.05 bits per heavy atom. The highest BCUT2D eigenvalue weighted by Crippen LogP contribution is 2.39. The molecule has 0 radical (unpaired) electrons. The number of fused-ring (bicyclic) bond motifs is 1. The quantitative estimate of drug-likeness (QED) is 0.197. The van der Waals surface area contributed by atoms with Crippen molar-refractivity contribution in [3.05, 3.63) is 84.1 Å².